The van der Waals surface area contributed by atoms with Gasteiger partial charge in [0.05, 0.1) is 0 Å². The van der Waals surface area contributed by atoms with Crippen LogP contribution in [-0.2, 0) is 0 Å². The van der Waals surface area contributed by atoms with Gasteiger partial charge >= 0.3 is 0 Å². The quantitative estimate of drug-likeness (QED) is 0.770. The first-order chi connectivity index (χ1) is 7.27. The third-order valence-corrected chi connectivity index (χ3v) is 3.45. The van der Waals surface area contributed by atoms with Crippen molar-refractivity contribution in [2.24, 2.45) is 5.92 Å². The molecule has 0 saturated carbocycles. The Bertz CT molecular complexity index is 159. The Kier molecular flexibility index (Phi) is 6.26. The smallest absolute Gasteiger partial charge is 0.00926 e. The minimum atomic E-state index is 0.802. The molecule has 2 atom stereocenters. The molecule has 0 aromatic heterocycles. The summed E-state index contributed by atoms with van der Waals surface area (Å²) in [6, 6.07) is 0.829. The van der Waals surface area contributed by atoms with Gasteiger partial charge in [-0.2, -0.15) is 0 Å². The zero-order chi connectivity index (χ0) is 11.1. The van der Waals surface area contributed by atoms with Crippen molar-refractivity contribution < 1.29 is 0 Å². The fourth-order valence-electron chi connectivity index (χ4n) is 2.62. The number of nitrogens with one attached hydrogen (secondary N) is 1. The Hall–Kier alpha value is -0.0800. The zero-order valence-corrected chi connectivity index (χ0v) is 10.8. The van der Waals surface area contributed by atoms with E-state index in [1.54, 1.807) is 0 Å². The van der Waals surface area contributed by atoms with Crippen LogP contribution >= 0.6 is 0 Å². The molecule has 1 fully saturated rings. The second kappa shape index (κ2) is 7.24. The van der Waals surface area contributed by atoms with Crippen molar-refractivity contribution in [2.45, 2.75) is 52.5 Å². The highest BCUT2D eigenvalue weighted by Crippen LogP contribution is 2.14. The second-order valence-electron chi connectivity index (χ2n) is 5.01. The van der Waals surface area contributed by atoms with Crippen LogP contribution in [0.3, 0.4) is 0 Å². The molecule has 1 rings (SSSR count). The molecule has 0 aromatic carbocycles. The lowest BCUT2D eigenvalue weighted by Gasteiger charge is -2.35. The molecule has 2 nitrogen and oxygen atoms in total. The first-order valence-electron chi connectivity index (χ1n) is 6.72. The standard InChI is InChI=1S/C13H28N2/c1-4-7-13(5-2)15-9-6-8-14-10-12(3)11-15/h12-14H,4-11H2,1-3H3. The van der Waals surface area contributed by atoms with E-state index in [1.807, 2.05) is 0 Å². The van der Waals surface area contributed by atoms with Gasteiger partial charge < -0.3 is 10.2 Å². The van der Waals surface area contributed by atoms with Crippen LogP contribution in [-0.4, -0.2) is 37.1 Å². The molecule has 1 aliphatic rings. The van der Waals surface area contributed by atoms with Gasteiger partial charge in [0.1, 0.15) is 0 Å². The molecule has 0 aliphatic carbocycles. The van der Waals surface area contributed by atoms with Gasteiger partial charge in [0, 0.05) is 12.6 Å². The number of rotatable bonds is 4. The Balaban J connectivity index is 2.46. The third kappa shape index (κ3) is 4.52. The Morgan fingerprint density at radius 3 is 2.87 bits per heavy atom. The maximum absolute atomic E-state index is 3.52. The first kappa shape index (κ1) is 13.0. The molecule has 0 amide bonds. The molecule has 2 unspecified atom stereocenters. The van der Waals surface area contributed by atoms with Crippen molar-refractivity contribution in [3.8, 4) is 0 Å². The monoisotopic (exact) mass is 212 g/mol. The summed E-state index contributed by atoms with van der Waals surface area (Å²) >= 11 is 0. The van der Waals surface area contributed by atoms with Crippen molar-refractivity contribution in [3.05, 3.63) is 0 Å². The summed E-state index contributed by atoms with van der Waals surface area (Å²) in [6.07, 6.45) is 5.32. The Labute approximate surface area is 95.4 Å². The molecule has 0 aromatic rings. The van der Waals surface area contributed by atoms with Gasteiger partial charge in [0.15, 0.2) is 0 Å². The molecule has 2 heteroatoms. The van der Waals surface area contributed by atoms with Gasteiger partial charge in [-0.3, -0.25) is 0 Å². The highest BCUT2D eigenvalue weighted by Gasteiger charge is 2.19. The highest BCUT2D eigenvalue weighted by molar-refractivity contribution is 4.75. The number of hydrogen-bond acceptors (Lipinski definition) is 2. The summed E-state index contributed by atoms with van der Waals surface area (Å²) in [5.41, 5.74) is 0. The van der Waals surface area contributed by atoms with Crippen LogP contribution in [0.15, 0.2) is 0 Å². The minimum Gasteiger partial charge on any atom is -0.316 e. The van der Waals surface area contributed by atoms with E-state index in [2.05, 4.69) is 31.0 Å². The Morgan fingerprint density at radius 1 is 1.40 bits per heavy atom. The molecule has 1 saturated heterocycles. The van der Waals surface area contributed by atoms with Crippen molar-refractivity contribution in [1.29, 1.82) is 0 Å². The van der Waals surface area contributed by atoms with E-state index in [1.165, 1.54) is 51.9 Å². The Morgan fingerprint density at radius 2 is 2.20 bits per heavy atom. The largest absolute Gasteiger partial charge is 0.316 e. The van der Waals surface area contributed by atoms with Gasteiger partial charge in [0.2, 0.25) is 0 Å². The van der Waals surface area contributed by atoms with Gasteiger partial charge in [-0.05, 0) is 44.8 Å². The fraction of sp³-hybridized carbons (Fsp3) is 1.00. The lowest BCUT2D eigenvalue weighted by atomic mass is 10.0. The average molecular weight is 212 g/mol. The van der Waals surface area contributed by atoms with Crippen molar-refractivity contribution >= 4 is 0 Å². The summed E-state index contributed by atoms with van der Waals surface area (Å²) in [5.74, 6) is 0.802. The van der Waals surface area contributed by atoms with Gasteiger partial charge in [-0.1, -0.05) is 27.2 Å². The van der Waals surface area contributed by atoms with Crippen LogP contribution in [0.2, 0.25) is 0 Å². The van der Waals surface area contributed by atoms with Crippen LogP contribution in [0, 0.1) is 5.92 Å². The molecule has 1 N–H and O–H groups in total. The van der Waals surface area contributed by atoms with E-state index < -0.39 is 0 Å². The lowest BCUT2D eigenvalue weighted by molar-refractivity contribution is 0.145. The van der Waals surface area contributed by atoms with Crippen molar-refractivity contribution in [2.75, 3.05) is 26.2 Å². The van der Waals surface area contributed by atoms with E-state index in [0.29, 0.717) is 0 Å². The van der Waals surface area contributed by atoms with Crippen LogP contribution in [0.25, 0.3) is 0 Å². The van der Waals surface area contributed by atoms with E-state index in [9.17, 15) is 0 Å². The molecule has 1 aliphatic heterocycles. The van der Waals surface area contributed by atoms with E-state index in [4.69, 9.17) is 0 Å². The second-order valence-corrected chi connectivity index (χ2v) is 5.01. The molecular formula is C13H28N2. The summed E-state index contributed by atoms with van der Waals surface area (Å²) < 4.78 is 0. The molecule has 0 bridgehead atoms. The summed E-state index contributed by atoms with van der Waals surface area (Å²) in [4.78, 5) is 2.73. The maximum Gasteiger partial charge on any atom is 0.00926 e. The molecule has 0 spiro atoms. The summed E-state index contributed by atoms with van der Waals surface area (Å²) in [6.45, 7) is 12.0. The lowest BCUT2D eigenvalue weighted by Crippen LogP contribution is -2.43. The van der Waals surface area contributed by atoms with Crippen molar-refractivity contribution in [3.63, 3.8) is 0 Å². The SMILES string of the molecule is CCCC(CC)N1CCCNCC(C)C1. The molecular weight excluding hydrogens is 184 g/mol. The predicted octanol–water partition coefficient (Wildman–Crippen LogP) is 2.50. The van der Waals surface area contributed by atoms with Gasteiger partial charge in [0.25, 0.3) is 0 Å². The van der Waals surface area contributed by atoms with Gasteiger partial charge in [-0.15, -0.1) is 0 Å². The van der Waals surface area contributed by atoms with Crippen molar-refractivity contribution in [1.82, 2.24) is 10.2 Å². The highest BCUT2D eigenvalue weighted by atomic mass is 15.2. The van der Waals surface area contributed by atoms with E-state index in [0.717, 1.165) is 12.0 Å². The third-order valence-electron chi connectivity index (χ3n) is 3.45. The van der Waals surface area contributed by atoms with Crippen LogP contribution < -0.4 is 5.32 Å². The van der Waals surface area contributed by atoms with Crippen LogP contribution in [0.5, 0.6) is 0 Å². The normalized spacial score (nSPS) is 27.0. The van der Waals surface area contributed by atoms with E-state index in [-0.39, 0.29) is 0 Å². The number of hydrogen-bond donors (Lipinski definition) is 1. The van der Waals surface area contributed by atoms with Crippen LogP contribution in [0.1, 0.15) is 46.5 Å². The molecule has 1 heterocycles. The van der Waals surface area contributed by atoms with Crippen LogP contribution in [0.4, 0.5) is 0 Å². The maximum atomic E-state index is 3.52. The van der Waals surface area contributed by atoms with Gasteiger partial charge in [-0.25, -0.2) is 0 Å². The topological polar surface area (TPSA) is 15.3 Å². The average Bonchev–Trinajstić information content (AvgIpc) is 2.20. The first-order valence-corrected chi connectivity index (χ1v) is 6.72. The predicted molar refractivity (Wildman–Crippen MR) is 67.2 cm³/mol. The van der Waals surface area contributed by atoms with E-state index >= 15 is 0 Å². The number of nitrogens with zero attached hydrogens (tertiary/aromatic N) is 1. The molecule has 0 radical (unpaired) electrons. The summed E-state index contributed by atoms with van der Waals surface area (Å²) in [5, 5.41) is 3.52. The molecule has 15 heavy (non-hydrogen) atoms. The molecule has 90 valence electrons. The minimum absolute atomic E-state index is 0.802. The summed E-state index contributed by atoms with van der Waals surface area (Å²) in [7, 11) is 0. The fourth-order valence-corrected chi connectivity index (χ4v) is 2.62. The zero-order valence-electron chi connectivity index (χ0n) is 10.8.